The number of hydrogen-bond acceptors (Lipinski definition) is 2. The first-order chi connectivity index (χ1) is 7.84. The van der Waals surface area contributed by atoms with E-state index in [1.54, 1.807) is 9.80 Å². The Morgan fingerprint density at radius 1 is 1.12 bits per heavy atom. The van der Waals surface area contributed by atoms with Crippen molar-refractivity contribution in [3.63, 3.8) is 0 Å². The predicted molar refractivity (Wildman–Crippen MR) is 70.9 cm³/mol. The summed E-state index contributed by atoms with van der Waals surface area (Å²) in [5.74, 6) is 0. The van der Waals surface area contributed by atoms with Gasteiger partial charge in [-0.15, -0.1) is 0 Å². The Morgan fingerprint density at radius 3 is 2.18 bits per heavy atom. The zero-order valence-electron chi connectivity index (χ0n) is 11.9. The molecule has 98 valence electrons. The van der Waals surface area contributed by atoms with Crippen molar-refractivity contribution in [2.24, 2.45) is 0 Å². The number of allylic oxidation sites excluding steroid dienone is 1. The molecule has 0 aromatic rings. The van der Waals surface area contributed by atoms with Crippen LogP contribution in [0, 0.1) is 0 Å². The van der Waals surface area contributed by atoms with Gasteiger partial charge in [0.05, 0.1) is 6.54 Å². The van der Waals surface area contributed by atoms with E-state index in [0.29, 0.717) is 12.6 Å². The molecule has 0 aliphatic carbocycles. The highest BCUT2D eigenvalue weighted by atomic mass is 16.2. The zero-order chi connectivity index (χ0) is 13.2. The summed E-state index contributed by atoms with van der Waals surface area (Å²) in [6.07, 6.45) is 0. The second-order valence-corrected chi connectivity index (χ2v) is 5.29. The number of rotatable bonds is 1. The van der Waals surface area contributed by atoms with Crippen molar-refractivity contribution < 1.29 is 4.79 Å². The van der Waals surface area contributed by atoms with Crippen LogP contribution in [0.25, 0.3) is 0 Å². The van der Waals surface area contributed by atoms with Gasteiger partial charge in [0.2, 0.25) is 0 Å². The van der Waals surface area contributed by atoms with E-state index in [2.05, 4.69) is 32.6 Å². The third kappa shape index (κ3) is 3.14. The maximum Gasteiger partial charge on any atom is 0.319 e. The van der Waals surface area contributed by atoms with Crippen LogP contribution in [0.15, 0.2) is 11.3 Å². The highest BCUT2D eigenvalue weighted by molar-refractivity contribution is 5.74. The predicted octanol–water partition coefficient (Wildman–Crippen LogP) is 1.99. The molecule has 0 radical (unpaired) electrons. The summed E-state index contributed by atoms with van der Waals surface area (Å²) < 4.78 is 0. The smallest absolute Gasteiger partial charge is 0.319 e. The fraction of sp³-hybridized carbons (Fsp3) is 0.769. The highest BCUT2D eigenvalue weighted by Crippen LogP contribution is 2.17. The number of nitrogens with zero attached hydrogens (tertiary/aromatic N) is 3. The molecule has 0 unspecified atom stereocenters. The molecule has 1 saturated heterocycles. The molecule has 0 aromatic carbocycles. The van der Waals surface area contributed by atoms with Crippen LogP contribution in [-0.2, 0) is 0 Å². The minimum Gasteiger partial charge on any atom is -0.369 e. The lowest BCUT2D eigenvalue weighted by Gasteiger charge is -2.39. The molecule has 4 nitrogen and oxygen atoms in total. The summed E-state index contributed by atoms with van der Waals surface area (Å²) in [5.41, 5.74) is 2.58. The molecule has 0 spiro atoms. The minimum atomic E-state index is 0.104. The topological polar surface area (TPSA) is 26.8 Å². The van der Waals surface area contributed by atoms with E-state index < -0.39 is 0 Å². The Morgan fingerprint density at radius 2 is 1.71 bits per heavy atom. The molecular formula is C13H25N3O. The molecule has 1 heterocycles. The van der Waals surface area contributed by atoms with E-state index in [4.69, 9.17) is 0 Å². The number of carbonyl (C=O) groups excluding carboxylic acids is 1. The number of urea groups is 1. The van der Waals surface area contributed by atoms with Crippen LogP contribution in [0.2, 0.25) is 0 Å². The van der Waals surface area contributed by atoms with Crippen LogP contribution >= 0.6 is 0 Å². The van der Waals surface area contributed by atoms with Crippen LogP contribution < -0.4 is 0 Å². The first kappa shape index (κ1) is 13.9. The molecule has 0 bridgehead atoms. The van der Waals surface area contributed by atoms with Crippen LogP contribution in [0.1, 0.15) is 27.7 Å². The van der Waals surface area contributed by atoms with Crippen molar-refractivity contribution in [2.45, 2.75) is 33.7 Å². The standard InChI is InChI=1S/C13H25N3O/c1-10(2)12-9-15(6)13(17)14(5)7-8-16(12)11(3)4/h11H,7-9H2,1-6H3. The Kier molecular flexibility index (Phi) is 4.43. The van der Waals surface area contributed by atoms with E-state index >= 15 is 0 Å². The molecule has 1 aliphatic heterocycles. The lowest BCUT2D eigenvalue weighted by molar-refractivity contribution is 0.146. The summed E-state index contributed by atoms with van der Waals surface area (Å²) in [5, 5.41) is 0. The lowest BCUT2D eigenvalue weighted by atomic mass is 10.1. The summed E-state index contributed by atoms with van der Waals surface area (Å²) in [6.45, 7) is 11.0. The Hall–Kier alpha value is -1.19. The van der Waals surface area contributed by atoms with Gasteiger partial charge in [0.25, 0.3) is 0 Å². The summed E-state index contributed by atoms with van der Waals surface area (Å²) in [7, 11) is 3.73. The van der Waals surface area contributed by atoms with Crippen molar-refractivity contribution >= 4 is 6.03 Å². The molecular weight excluding hydrogens is 214 g/mol. The van der Waals surface area contributed by atoms with E-state index in [1.807, 2.05) is 14.1 Å². The average Bonchev–Trinajstić information content (AvgIpc) is 2.23. The second kappa shape index (κ2) is 5.43. The molecule has 0 N–H and O–H groups in total. The van der Waals surface area contributed by atoms with Gasteiger partial charge in [-0.05, 0) is 27.7 Å². The van der Waals surface area contributed by atoms with Crippen molar-refractivity contribution in [2.75, 3.05) is 33.7 Å². The van der Waals surface area contributed by atoms with Gasteiger partial charge in [-0.1, -0.05) is 5.57 Å². The van der Waals surface area contributed by atoms with Crippen molar-refractivity contribution in [1.29, 1.82) is 0 Å². The second-order valence-electron chi connectivity index (χ2n) is 5.29. The van der Waals surface area contributed by atoms with Crippen LogP contribution in [0.5, 0.6) is 0 Å². The lowest BCUT2D eigenvalue weighted by Crippen LogP contribution is -2.49. The fourth-order valence-corrected chi connectivity index (χ4v) is 2.18. The maximum atomic E-state index is 12.0. The first-order valence-electron chi connectivity index (χ1n) is 6.23. The minimum absolute atomic E-state index is 0.104. The van der Waals surface area contributed by atoms with Crippen LogP contribution in [-0.4, -0.2) is 60.5 Å². The number of hydrogen-bond donors (Lipinski definition) is 0. The van der Waals surface area contributed by atoms with E-state index in [0.717, 1.165) is 13.1 Å². The Balaban J connectivity index is 3.01. The number of carbonyl (C=O) groups is 1. The third-order valence-corrected chi connectivity index (χ3v) is 3.26. The molecule has 2 amide bonds. The van der Waals surface area contributed by atoms with Crippen molar-refractivity contribution in [3.05, 3.63) is 11.3 Å². The largest absolute Gasteiger partial charge is 0.369 e. The van der Waals surface area contributed by atoms with Gasteiger partial charge in [0.15, 0.2) is 0 Å². The molecule has 1 aliphatic rings. The van der Waals surface area contributed by atoms with Crippen LogP contribution in [0.3, 0.4) is 0 Å². The van der Waals surface area contributed by atoms with E-state index in [9.17, 15) is 4.79 Å². The van der Waals surface area contributed by atoms with Gasteiger partial charge in [-0.3, -0.25) is 0 Å². The first-order valence-corrected chi connectivity index (χ1v) is 6.23. The fourth-order valence-electron chi connectivity index (χ4n) is 2.18. The molecule has 0 aromatic heterocycles. The number of amides is 2. The molecule has 1 fully saturated rings. The van der Waals surface area contributed by atoms with Gasteiger partial charge >= 0.3 is 6.03 Å². The van der Waals surface area contributed by atoms with E-state index in [-0.39, 0.29) is 6.03 Å². The van der Waals surface area contributed by atoms with Gasteiger partial charge in [-0.25, -0.2) is 4.79 Å². The molecule has 0 saturated carbocycles. The molecule has 4 heteroatoms. The third-order valence-electron chi connectivity index (χ3n) is 3.26. The van der Waals surface area contributed by atoms with Gasteiger partial charge in [-0.2, -0.15) is 0 Å². The molecule has 17 heavy (non-hydrogen) atoms. The Bertz CT molecular complexity index is 319. The van der Waals surface area contributed by atoms with Gasteiger partial charge < -0.3 is 14.7 Å². The Labute approximate surface area is 105 Å². The zero-order valence-corrected chi connectivity index (χ0v) is 11.9. The van der Waals surface area contributed by atoms with Crippen molar-refractivity contribution in [1.82, 2.24) is 14.7 Å². The number of likely N-dealkylation sites (N-methyl/N-ethyl adjacent to an activating group) is 2. The van der Waals surface area contributed by atoms with Gasteiger partial charge in [0, 0.05) is 38.9 Å². The molecule has 0 atom stereocenters. The SMILES string of the molecule is CC(C)=C1CN(C)C(=O)N(C)CCN1C(C)C. The molecule has 1 rings (SSSR count). The normalized spacial score (nSPS) is 18.6. The quantitative estimate of drug-likeness (QED) is 0.699. The summed E-state index contributed by atoms with van der Waals surface area (Å²) in [6, 6.07) is 0.571. The van der Waals surface area contributed by atoms with Crippen LogP contribution in [0.4, 0.5) is 4.79 Å². The van der Waals surface area contributed by atoms with E-state index in [1.165, 1.54) is 11.3 Å². The van der Waals surface area contributed by atoms with Gasteiger partial charge in [0.1, 0.15) is 0 Å². The summed E-state index contributed by atoms with van der Waals surface area (Å²) in [4.78, 5) is 17.9. The maximum absolute atomic E-state index is 12.0. The highest BCUT2D eigenvalue weighted by Gasteiger charge is 2.24. The monoisotopic (exact) mass is 239 g/mol. The summed E-state index contributed by atoms with van der Waals surface area (Å²) >= 11 is 0. The average molecular weight is 239 g/mol. The van der Waals surface area contributed by atoms with Crippen molar-refractivity contribution in [3.8, 4) is 0 Å².